The molecule has 0 amide bonds. The number of aryl methyl sites for hydroxylation is 1. The van der Waals surface area contributed by atoms with Crippen molar-refractivity contribution in [2.45, 2.75) is 38.3 Å². The van der Waals surface area contributed by atoms with Crippen LogP contribution in [0, 0.1) is 24.2 Å². The lowest BCUT2D eigenvalue weighted by Crippen LogP contribution is -2.36. The minimum absolute atomic E-state index is 0.0523. The Morgan fingerprint density at radius 2 is 2.17 bits per heavy atom. The van der Waals surface area contributed by atoms with Crippen LogP contribution < -0.4 is 10.2 Å². The highest BCUT2D eigenvalue weighted by molar-refractivity contribution is 7.98. The molecule has 1 atom stereocenters. The molecular formula is C20H24ClN7OS. The molecular weight excluding hydrogens is 422 g/mol. The fourth-order valence-corrected chi connectivity index (χ4v) is 3.34. The maximum Gasteiger partial charge on any atom is 0.224 e. The lowest BCUT2D eigenvalue weighted by molar-refractivity contribution is -0.102. The van der Waals surface area contributed by atoms with Gasteiger partial charge in [0, 0.05) is 18.1 Å². The Hall–Kier alpha value is -2.70. The normalized spacial score (nSPS) is 12.4. The van der Waals surface area contributed by atoms with Crippen LogP contribution in [0.3, 0.4) is 0 Å². The molecule has 0 bridgehead atoms. The molecule has 2 aromatic heterocycles. The summed E-state index contributed by atoms with van der Waals surface area (Å²) in [6.45, 7) is 5.87. The number of aliphatic imine (C=N–C) groups is 1. The number of pyridine rings is 1. The Morgan fingerprint density at radius 3 is 2.70 bits per heavy atom. The van der Waals surface area contributed by atoms with Crippen molar-refractivity contribution in [3.63, 3.8) is 0 Å². The molecule has 2 rings (SSSR count). The van der Waals surface area contributed by atoms with Crippen molar-refractivity contribution in [1.29, 1.82) is 5.26 Å². The van der Waals surface area contributed by atoms with Crippen molar-refractivity contribution in [1.82, 2.24) is 15.0 Å². The Kier molecular flexibility index (Phi) is 8.57. The van der Waals surface area contributed by atoms with Crippen LogP contribution in [0.2, 0.25) is 5.28 Å². The molecule has 0 saturated carbocycles. The van der Waals surface area contributed by atoms with Gasteiger partial charge in [0.15, 0.2) is 17.9 Å². The number of rotatable bonds is 8. The number of hydrogen-bond donors (Lipinski definition) is 1. The van der Waals surface area contributed by atoms with Crippen LogP contribution in [-0.4, -0.2) is 46.4 Å². The quantitative estimate of drug-likeness (QED) is 0.215. The van der Waals surface area contributed by atoms with E-state index in [0.29, 0.717) is 23.5 Å². The van der Waals surface area contributed by atoms with E-state index in [1.54, 1.807) is 36.8 Å². The number of anilines is 2. The number of nitriles is 1. The molecule has 1 unspecified atom stereocenters. The third-order valence-electron chi connectivity index (χ3n) is 4.37. The van der Waals surface area contributed by atoms with Crippen LogP contribution in [-0.2, 0) is 11.3 Å². The van der Waals surface area contributed by atoms with Crippen LogP contribution in [0.5, 0.6) is 0 Å². The Balaban J connectivity index is 2.34. The van der Waals surface area contributed by atoms with E-state index in [2.05, 4.69) is 31.3 Å². The summed E-state index contributed by atoms with van der Waals surface area (Å²) in [7, 11) is 1.76. The van der Waals surface area contributed by atoms with E-state index in [0.717, 1.165) is 10.6 Å². The number of halogens is 1. The van der Waals surface area contributed by atoms with Gasteiger partial charge in [0.1, 0.15) is 11.7 Å². The van der Waals surface area contributed by atoms with Gasteiger partial charge in [-0.1, -0.05) is 13.8 Å². The molecule has 0 aliphatic heterocycles. The molecule has 2 heterocycles. The molecule has 0 fully saturated rings. The van der Waals surface area contributed by atoms with Gasteiger partial charge in [0.25, 0.3) is 0 Å². The summed E-state index contributed by atoms with van der Waals surface area (Å²) in [5.41, 5.74) is 1.74. The van der Waals surface area contributed by atoms with Crippen LogP contribution in [0.15, 0.2) is 28.2 Å². The van der Waals surface area contributed by atoms with Gasteiger partial charge in [-0.25, -0.2) is 4.98 Å². The van der Waals surface area contributed by atoms with Crippen molar-refractivity contribution in [2.24, 2.45) is 10.9 Å². The maximum atomic E-state index is 11.6. The molecule has 0 aliphatic carbocycles. The Bertz CT molecular complexity index is 957. The standard InChI is InChI=1S/C20H24ClN7OS/c1-12(2)16(8-22)28(4)19-18(13(3)25-20(21)27-19)26-17(11-29)24-9-14-6-7-15(30-5)10-23-14/h6-7,10-12,16H,9H2,1-5H3,(H,24,26). The summed E-state index contributed by atoms with van der Waals surface area (Å²) < 4.78 is 0. The maximum absolute atomic E-state index is 11.6. The first-order chi connectivity index (χ1) is 14.3. The summed E-state index contributed by atoms with van der Waals surface area (Å²) >= 11 is 7.66. The van der Waals surface area contributed by atoms with Gasteiger partial charge >= 0.3 is 0 Å². The monoisotopic (exact) mass is 445 g/mol. The summed E-state index contributed by atoms with van der Waals surface area (Å²) in [4.78, 5) is 31.5. The van der Waals surface area contributed by atoms with Gasteiger partial charge in [-0.05, 0) is 42.8 Å². The number of nitrogens with one attached hydrogen (secondary N) is 1. The minimum Gasteiger partial charge on any atom is -0.342 e. The minimum atomic E-state index is -0.438. The van der Waals surface area contributed by atoms with E-state index in [9.17, 15) is 10.1 Å². The second-order valence-corrected chi connectivity index (χ2v) is 8.06. The zero-order valence-electron chi connectivity index (χ0n) is 17.5. The van der Waals surface area contributed by atoms with Crippen molar-refractivity contribution in [2.75, 3.05) is 23.5 Å². The second kappa shape index (κ2) is 10.9. The molecule has 0 radical (unpaired) electrons. The van der Waals surface area contributed by atoms with Gasteiger partial charge in [-0.3, -0.25) is 14.8 Å². The van der Waals surface area contributed by atoms with Crippen LogP contribution in [0.25, 0.3) is 0 Å². The zero-order chi connectivity index (χ0) is 22.3. The third-order valence-corrected chi connectivity index (χ3v) is 5.25. The number of hydrogen-bond acceptors (Lipinski definition) is 8. The highest BCUT2D eigenvalue weighted by atomic mass is 35.5. The number of thioether (sulfide) groups is 1. The highest BCUT2D eigenvalue weighted by Gasteiger charge is 2.24. The molecule has 0 aromatic carbocycles. The molecule has 10 heteroatoms. The predicted octanol–water partition coefficient (Wildman–Crippen LogP) is 3.75. The first kappa shape index (κ1) is 23.6. The SMILES string of the molecule is CSc1ccc(CN=C(C=O)Nc2c(C)nc(Cl)nc2N(C)C(C#N)C(C)C)nc1. The summed E-state index contributed by atoms with van der Waals surface area (Å²) in [5.74, 6) is 0.577. The molecule has 0 aliphatic rings. The van der Waals surface area contributed by atoms with Crippen LogP contribution >= 0.6 is 23.4 Å². The van der Waals surface area contributed by atoms with Gasteiger partial charge in [-0.15, -0.1) is 11.8 Å². The molecule has 158 valence electrons. The number of amidine groups is 1. The van der Waals surface area contributed by atoms with E-state index in [1.165, 1.54) is 0 Å². The lowest BCUT2D eigenvalue weighted by atomic mass is 10.0. The average Bonchev–Trinajstić information content (AvgIpc) is 2.72. The van der Waals surface area contributed by atoms with Gasteiger partial charge < -0.3 is 10.2 Å². The van der Waals surface area contributed by atoms with Crippen molar-refractivity contribution < 1.29 is 4.79 Å². The fourth-order valence-electron chi connectivity index (χ4n) is 2.77. The van der Waals surface area contributed by atoms with Gasteiger partial charge in [0.2, 0.25) is 5.28 Å². The van der Waals surface area contributed by atoms with E-state index in [1.807, 2.05) is 32.2 Å². The topological polar surface area (TPSA) is 107 Å². The van der Waals surface area contributed by atoms with Gasteiger partial charge in [-0.2, -0.15) is 10.2 Å². The second-order valence-electron chi connectivity index (χ2n) is 6.84. The van der Waals surface area contributed by atoms with Crippen LogP contribution in [0.4, 0.5) is 11.5 Å². The molecule has 0 saturated heterocycles. The molecule has 8 nitrogen and oxygen atoms in total. The Morgan fingerprint density at radius 1 is 1.43 bits per heavy atom. The molecule has 2 aromatic rings. The zero-order valence-corrected chi connectivity index (χ0v) is 19.1. The number of nitrogens with zero attached hydrogens (tertiary/aromatic N) is 6. The fraction of sp³-hybridized carbons (Fsp3) is 0.400. The summed E-state index contributed by atoms with van der Waals surface area (Å²) in [5, 5.41) is 12.6. The van der Waals surface area contributed by atoms with E-state index in [-0.39, 0.29) is 23.6 Å². The number of aromatic nitrogens is 3. The van der Waals surface area contributed by atoms with E-state index in [4.69, 9.17) is 11.6 Å². The first-order valence-corrected chi connectivity index (χ1v) is 10.8. The molecule has 30 heavy (non-hydrogen) atoms. The number of carbonyl (C=O) groups excluding carboxylic acids is 1. The van der Waals surface area contributed by atoms with Crippen molar-refractivity contribution in [3.05, 3.63) is 35.0 Å². The molecule has 0 spiro atoms. The van der Waals surface area contributed by atoms with E-state index >= 15 is 0 Å². The summed E-state index contributed by atoms with van der Waals surface area (Å²) in [6, 6.07) is 5.66. The molecule has 1 N–H and O–H groups in total. The smallest absolute Gasteiger partial charge is 0.224 e. The van der Waals surface area contributed by atoms with Gasteiger partial charge in [0.05, 0.1) is 24.0 Å². The first-order valence-electron chi connectivity index (χ1n) is 9.22. The number of carbonyl (C=O) groups is 1. The largest absolute Gasteiger partial charge is 0.342 e. The van der Waals surface area contributed by atoms with Crippen molar-refractivity contribution >= 4 is 47.0 Å². The highest BCUT2D eigenvalue weighted by Crippen LogP contribution is 2.29. The predicted molar refractivity (Wildman–Crippen MR) is 121 cm³/mol. The lowest BCUT2D eigenvalue weighted by Gasteiger charge is -2.28. The third kappa shape index (κ3) is 5.90. The van der Waals surface area contributed by atoms with E-state index < -0.39 is 6.04 Å². The van der Waals surface area contributed by atoms with Crippen molar-refractivity contribution in [3.8, 4) is 6.07 Å². The van der Waals surface area contributed by atoms with Crippen LogP contribution in [0.1, 0.15) is 25.2 Å². The average molecular weight is 446 g/mol. The Labute approximate surface area is 185 Å². The number of aldehydes is 1. The summed E-state index contributed by atoms with van der Waals surface area (Å²) in [6.07, 6.45) is 4.37.